The molecule has 3 heteroatoms. The molecule has 74 valence electrons. The number of ether oxygens (including phenoxy) is 1. The Morgan fingerprint density at radius 1 is 1.38 bits per heavy atom. The maximum Gasteiger partial charge on any atom is 0.410 e. The third kappa shape index (κ3) is 1.21. The summed E-state index contributed by atoms with van der Waals surface area (Å²) in [5, 5.41) is 0. The molecular formula is C10H17NO2. The first-order chi connectivity index (χ1) is 6.16. The Labute approximate surface area is 79.0 Å². The molecule has 1 aliphatic heterocycles. The monoisotopic (exact) mass is 183 g/mol. The molecule has 1 spiro atoms. The summed E-state index contributed by atoms with van der Waals surface area (Å²) in [6.45, 7) is 4.74. The number of hydrogen-bond donors (Lipinski definition) is 0. The van der Waals surface area contributed by atoms with Crippen molar-refractivity contribution < 1.29 is 9.53 Å². The Bertz CT molecular complexity index is 219. The quantitative estimate of drug-likeness (QED) is 0.623. The van der Waals surface area contributed by atoms with Crippen molar-refractivity contribution in [1.29, 1.82) is 0 Å². The van der Waals surface area contributed by atoms with E-state index in [9.17, 15) is 4.79 Å². The van der Waals surface area contributed by atoms with Crippen LogP contribution in [0.4, 0.5) is 4.79 Å². The smallest absolute Gasteiger partial charge is 0.410 e. The Kier molecular flexibility index (Phi) is 1.97. The van der Waals surface area contributed by atoms with Crippen LogP contribution in [0.3, 0.4) is 0 Å². The van der Waals surface area contributed by atoms with Gasteiger partial charge in [-0.15, -0.1) is 0 Å². The number of carbonyl (C=O) groups is 1. The number of carbonyl (C=O) groups excluding carboxylic acids is 1. The summed E-state index contributed by atoms with van der Waals surface area (Å²) in [4.78, 5) is 13.4. The number of nitrogens with zero attached hydrogens (tertiary/aromatic N) is 1. The van der Waals surface area contributed by atoms with Crippen LogP contribution in [0, 0.1) is 0 Å². The van der Waals surface area contributed by atoms with E-state index in [1.165, 1.54) is 12.8 Å². The van der Waals surface area contributed by atoms with Crippen molar-refractivity contribution in [3.63, 3.8) is 0 Å². The molecule has 0 aromatic rings. The first kappa shape index (κ1) is 8.85. The van der Waals surface area contributed by atoms with E-state index in [1.807, 2.05) is 4.90 Å². The lowest BCUT2D eigenvalue weighted by Crippen LogP contribution is -2.48. The molecule has 2 rings (SSSR count). The molecule has 0 N–H and O–H groups in total. The summed E-state index contributed by atoms with van der Waals surface area (Å²) in [6, 6.07) is 0.271. The van der Waals surface area contributed by atoms with Gasteiger partial charge in [-0.25, -0.2) is 4.79 Å². The zero-order valence-electron chi connectivity index (χ0n) is 8.38. The maximum absolute atomic E-state index is 11.5. The van der Waals surface area contributed by atoms with Gasteiger partial charge < -0.3 is 4.74 Å². The largest absolute Gasteiger partial charge is 0.447 e. The normalized spacial score (nSPS) is 26.1. The lowest BCUT2D eigenvalue weighted by molar-refractivity contribution is 0.130. The molecule has 1 amide bonds. The van der Waals surface area contributed by atoms with Crippen molar-refractivity contribution in [2.75, 3.05) is 6.61 Å². The SMILES string of the molecule is CC(C)N1C(=O)OCC12CCCC2. The maximum atomic E-state index is 11.5. The Hall–Kier alpha value is -0.730. The number of amides is 1. The average molecular weight is 183 g/mol. The van der Waals surface area contributed by atoms with Gasteiger partial charge in [0, 0.05) is 6.04 Å². The second-order valence-electron chi connectivity index (χ2n) is 4.45. The van der Waals surface area contributed by atoms with Crippen molar-refractivity contribution in [3.05, 3.63) is 0 Å². The van der Waals surface area contributed by atoms with Gasteiger partial charge in [0.25, 0.3) is 0 Å². The molecule has 0 aromatic carbocycles. The third-order valence-electron chi connectivity index (χ3n) is 3.22. The molecule has 1 saturated heterocycles. The van der Waals surface area contributed by atoms with E-state index >= 15 is 0 Å². The van der Waals surface area contributed by atoms with Crippen molar-refractivity contribution in [1.82, 2.24) is 4.90 Å². The zero-order valence-corrected chi connectivity index (χ0v) is 8.38. The van der Waals surface area contributed by atoms with Crippen LogP contribution in [0.5, 0.6) is 0 Å². The predicted molar refractivity (Wildman–Crippen MR) is 49.5 cm³/mol. The lowest BCUT2D eigenvalue weighted by atomic mass is 9.96. The minimum atomic E-state index is -0.114. The fourth-order valence-electron chi connectivity index (χ4n) is 2.71. The minimum Gasteiger partial charge on any atom is -0.447 e. The molecule has 2 aliphatic rings. The van der Waals surface area contributed by atoms with Gasteiger partial charge in [0.15, 0.2) is 0 Å². The summed E-state index contributed by atoms with van der Waals surface area (Å²) in [6.07, 6.45) is 4.60. The van der Waals surface area contributed by atoms with Crippen LogP contribution in [0.15, 0.2) is 0 Å². The third-order valence-corrected chi connectivity index (χ3v) is 3.22. The second kappa shape index (κ2) is 2.89. The number of rotatable bonds is 1. The topological polar surface area (TPSA) is 29.5 Å². The van der Waals surface area contributed by atoms with E-state index in [-0.39, 0.29) is 17.7 Å². The van der Waals surface area contributed by atoms with Crippen LogP contribution in [-0.4, -0.2) is 29.2 Å². The summed E-state index contributed by atoms with van der Waals surface area (Å²) in [7, 11) is 0. The van der Waals surface area contributed by atoms with Crippen molar-refractivity contribution in [2.24, 2.45) is 0 Å². The van der Waals surface area contributed by atoms with E-state index in [0.717, 1.165) is 12.8 Å². The summed E-state index contributed by atoms with van der Waals surface area (Å²) in [5.74, 6) is 0. The predicted octanol–water partition coefficient (Wildman–Crippen LogP) is 2.16. The molecule has 0 radical (unpaired) electrons. The Balaban J connectivity index is 2.23. The van der Waals surface area contributed by atoms with Crippen LogP contribution in [0.1, 0.15) is 39.5 Å². The van der Waals surface area contributed by atoms with Gasteiger partial charge in [0.05, 0.1) is 5.54 Å². The Morgan fingerprint density at radius 3 is 2.54 bits per heavy atom. The molecule has 0 aromatic heterocycles. The molecule has 0 atom stereocenters. The van der Waals surface area contributed by atoms with Gasteiger partial charge >= 0.3 is 6.09 Å². The van der Waals surface area contributed by atoms with Gasteiger partial charge in [-0.2, -0.15) is 0 Å². The average Bonchev–Trinajstić information content (AvgIpc) is 2.61. The molecule has 0 bridgehead atoms. The Morgan fingerprint density at radius 2 is 2.00 bits per heavy atom. The van der Waals surface area contributed by atoms with E-state index in [0.29, 0.717) is 6.61 Å². The molecule has 13 heavy (non-hydrogen) atoms. The summed E-state index contributed by atoms with van der Waals surface area (Å²) >= 11 is 0. The first-order valence-electron chi connectivity index (χ1n) is 5.12. The summed E-state index contributed by atoms with van der Waals surface area (Å²) < 4.78 is 5.15. The second-order valence-corrected chi connectivity index (χ2v) is 4.45. The van der Waals surface area contributed by atoms with Crippen LogP contribution in [0.2, 0.25) is 0 Å². The fourth-order valence-corrected chi connectivity index (χ4v) is 2.71. The molecule has 2 fully saturated rings. The summed E-state index contributed by atoms with van der Waals surface area (Å²) in [5.41, 5.74) is 0.0608. The highest BCUT2D eigenvalue weighted by Gasteiger charge is 2.49. The van der Waals surface area contributed by atoms with E-state index in [1.54, 1.807) is 0 Å². The highest BCUT2D eigenvalue weighted by atomic mass is 16.6. The molecule has 1 saturated carbocycles. The first-order valence-corrected chi connectivity index (χ1v) is 5.12. The van der Waals surface area contributed by atoms with Crippen LogP contribution in [-0.2, 0) is 4.74 Å². The highest BCUT2D eigenvalue weighted by Crippen LogP contribution is 2.40. The van der Waals surface area contributed by atoms with E-state index in [2.05, 4.69) is 13.8 Å². The van der Waals surface area contributed by atoms with Gasteiger partial charge in [-0.1, -0.05) is 12.8 Å². The molecule has 1 heterocycles. The van der Waals surface area contributed by atoms with Gasteiger partial charge in [-0.3, -0.25) is 4.90 Å². The highest BCUT2D eigenvalue weighted by molar-refractivity contribution is 5.71. The zero-order chi connectivity index (χ0) is 9.47. The van der Waals surface area contributed by atoms with Crippen LogP contribution in [0.25, 0.3) is 0 Å². The van der Waals surface area contributed by atoms with Gasteiger partial charge in [0.1, 0.15) is 6.61 Å². The molecule has 0 unspecified atom stereocenters. The van der Waals surface area contributed by atoms with E-state index in [4.69, 9.17) is 4.74 Å². The lowest BCUT2D eigenvalue weighted by Gasteiger charge is -2.34. The van der Waals surface area contributed by atoms with E-state index < -0.39 is 0 Å². The minimum absolute atomic E-state index is 0.0608. The van der Waals surface area contributed by atoms with Crippen LogP contribution >= 0.6 is 0 Å². The standard InChI is InChI=1S/C10H17NO2/c1-8(2)11-9(12)13-7-10(11)5-3-4-6-10/h8H,3-7H2,1-2H3. The molecule has 1 aliphatic carbocycles. The van der Waals surface area contributed by atoms with Crippen LogP contribution < -0.4 is 0 Å². The fraction of sp³-hybridized carbons (Fsp3) is 0.900. The van der Waals surface area contributed by atoms with Crippen molar-refractivity contribution in [3.8, 4) is 0 Å². The number of cyclic esters (lactones) is 1. The van der Waals surface area contributed by atoms with Crippen molar-refractivity contribution in [2.45, 2.75) is 51.1 Å². The molecule has 3 nitrogen and oxygen atoms in total. The molecular weight excluding hydrogens is 166 g/mol. The van der Waals surface area contributed by atoms with Crippen molar-refractivity contribution >= 4 is 6.09 Å². The van der Waals surface area contributed by atoms with Gasteiger partial charge in [-0.05, 0) is 26.7 Å². The number of hydrogen-bond acceptors (Lipinski definition) is 2. The van der Waals surface area contributed by atoms with Gasteiger partial charge in [0.2, 0.25) is 0 Å².